The molecule has 0 unspecified atom stereocenters. The Kier molecular flexibility index (Phi) is 5.71. The molecule has 8 heteroatoms. The normalized spacial score (nSPS) is 12.1. The number of benzene rings is 2. The van der Waals surface area contributed by atoms with Gasteiger partial charge in [-0.3, -0.25) is 0 Å². The van der Waals surface area contributed by atoms with Crippen molar-refractivity contribution in [1.29, 1.82) is 0 Å². The largest absolute Gasteiger partial charge is 0.378 e. The second kappa shape index (κ2) is 7.89. The molecule has 1 heterocycles. The number of imidazole rings is 1. The summed E-state index contributed by atoms with van der Waals surface area (Å²) in [6.07, 6.45) is 0.922. The predicted octanol–water partition coefficient (Wildman–Crippen LogP) is 3.76. The van der Waals surface area contributed by atoms with Gasteiger partial charge in [-0.2, -0.15) is 0 Å². The quantitative estimate of drug-likeness (QED) is 0.651. The standard InChI is InChI=1S/C20H25FN4O2S/c1-5-10-25-19-9-7-16(28(26,27)24(3)4)12-18(19)23-20(25)13-22-17-8-6-15(21)11-14(17)2/h6-9,11-12,22H,5,10,13H2,1-4H3. The highest BCUT2D eigenvalue weighted by Crippen LogP contribution is 2.24. The van der Waals surface area contributed by atoms with E-state index in [1.165, 1.54) is 30.5 Å². The van der Waals surface area contributed by atoms with Crippen molar-refractivity contribution in [3.05, 3.63) is 53.6 Å². The van der Waals surface area contributed by atoms with Crippen LogP contribution in [0.3, 0.4) is 0 Å². The minimum atomic E-state index is -3.52. The summed E-state index contributed by atoms with van der Waals surface area (Å²) in [6.45, 7) is 5.16. The van der Waals surface area contributed by atoms with Gasteiger partial charge in [0.1, 0.15) is 11.6 Å². The second-order valence-corrected chi connectivity index (χ2v) is 9.08. The van der Waals surface area contributed by atoms with Crippen molar-refractivity contribution in [3.63, 3.8) is 0 Å². The first-order chi connectivity index (χ1) is 13.2. The zero-order chi connectivity index (χ0) is 20.5. The van der Waals surface area contributed by atoms with Crippen LogP contribution in [0.25, 0.3) is 11.0 Å². The van der Waals surface area contributed by atoms with Gasteiger partial charge in [0.2, 0.25) is 10.0 Å². The molecule has 0 amide bonds. The van der Waals surface area contributed by atoms with Crippen LogP contribution in [0.4, 0.5) is 10.1 Å². The fourth-order valence-corrected chi connectivity index (χ4v) is 4.06. The molecule has 6 nitrogen and oxygen atoms in total. The van der Waals surface area contributed by atoms with Crippen LogP contribution >= 0.6 is 0 Å². The molecule has 150 valence electrons. The number of nitrogens with zero attached hydrogens (tertiary/aromatic N) is 3. The van der Waals surface area contributed by atoms with E-state index in [2.05, 4.69) is 21.8 Å². The van der Waals surface area contributed by atoms with Gasteiger partial charge in [-0.1, -0.05) is 6.92 Å². The van der Waals surface area contributed by atoms with E-state index in [0.29, 0.717) is 12.1 Å². The molecule has 0 saturated carbocycles. The van der Waals surface area contributed by atoms with Crippen LogP contribution in [0.1, 0.15) is 24.7 Å². The highest BCUT2D eigenvalue weighted by Gasteiger charge is 2.19. The number of hydrogen-bond acceptors (Lipinski definition) is 4. The number of halogens is 1. The molecule has 0 aliphatic rings. The number of anilines is 1. The van der Waals surface area contributed by atoms with Crippen molar-refractivity contribution in [3.8, 4) is 0 Å². The van der Waals surface area contributed by atoms with Gasteiger partial charge in [-0.15, -0.1) is 0 Å². The third kappa shape index (κ3) is 3.88. The molecule has 3 rings (SSSR count). The van der Waals surface area contributed by atoms with Crippen LogP contribution in [-0.2, 0) is 23.1 Å². The summed E-state index contributed by atoms with van der Waals surface area (Å²) in [5.74, 6) is 0.538. The van der Waals surface area contributed by atoms with E-state index in [1.54, 1.807) is 24.3 Å². The zero-order valence-corrected chi connectivity index (χ0v) is 17.3. The number of aryl methyl sites for hydroxylation is 2. The summed E-state index contributed by atoms with van der Waals surface area (Å²) in [4.78, 5) is 4.89. The number of hydrogen-bond donors (Lipinski definition) is 1. The Balaban J connectivity index is 1.98. The van der Waals surface area contributed by atoms with E-state index in [0.717, 1.165) is 35.6 Å². The Hall–Kier alpha value is -2.45. The van der Waals surface area contributed by atoms with Crippen molar-refractivity contribution < 1.29 is 12.8 Å². The first kappa shape index (κ1) is 20.3. The van der Waals surface area contributed by atoms with Gasteiger partial charge >= 0.3 is 0 Å². The van der Waals surface area contributed by atoms with Crippen LogP contribution in [0.15, 0.2) is 41.3 Å². The first-order valence-electron chi connectivity index (χ1n) is 9.15. The Morgan fingerprint density at radius 1 is 1.18 bits per heavy atom. The summed E-state index contributed by atoms with van der Waals surface area (Å²) in [7, 11) is -0.497. The molecule has 28 heavy (non-hydrogen) atoms. The molecule has 0 atom stereocenters. The first-order valence-corrected chi connectivity index (χ1v) is 10.6. The lowest BCUT2D eigenvalue weighted by Crippen LogP contribution is -2.22. The van der Waals surface area contributed by atoms with Gasteiger partial charge in [0.25, 0.3) is 0 Å². The number of rotatable bonds is 7. The van der Waals surface area contributed by atoms with Crippen LogP contribution in [0.5, 0.6) is 0 Å². The maximum atomic E-state index is 13.3. The lowest BCUT2D eigenvalue weighted by molar-refractivity contribution is 0.521. The number of aromatic nitrogens is 2. The molecular weight excluding hydrogens is 379 g/mol. The fraction of sp³-hybridized carbons (Fsp3) is 0.350. The van der Waals surface area contributed by atoms with Crippen LogP contribution in [0.2, 0.25) is 0 Å². The van der Waals surface area contributed by atoms with E-state index in [4.69, 9.17) is 0 Å². The van der Waals surface area contributed by atoms with Gasteiger partial charge in [0.15, 0.2) is 0 Å². The van der Waals surface area contributed by atoms with E-state index >= 15 is 0 Å². The van der Waals surface area contributed by atoms with Crippen molar-refractivity contribution in [2.45, 2.75) is 38.3 Å². The third-order valence-electron chi connectivity index (χ3n) is 4.65. The second-order valence-electron chi connectivity index (χ2n) is 6.93. The van der Waals surface area contributed by atoms with Crippen LogP contribution in [0, 0.1) is 12.7 Å². The monoisotopic (exact) mass is 404 g/mol. The number of nitrogens with one attached hydrogen (secondary N) is 1. The highest BCUT2D eigenvalue weighted by atomic mass is 32.2. The molecule has 1 N–H and O–H groups in total. The lowest BCUT2D eigenvalue weighted by Gasteiger charge is -2.12. The molecule has 3 aromatic rings. The molecular formula is C20H25FN4O2S. The van der Waals surface area contributed by atoms with E-state index in [9.17, 15) is 12.8 Å². The molecule has 0 saturated heterocycles. The SMILES string of the molecule is CCCn1c(CNc2ccc(F)cc2C)nc2cc(S(=O)(=O)N(C)C)ccc21. The fourth-order valence-electron chi connectivity index (χ4n) is 3.14. The summed E-state index contributed by atoms with van der Waals surface area (Å²) in [6, 6.07) is 9.65. The van der Waals surface area contributed by atoms with E-state index in [-0.39, 0.29) is 10.7 Å². The minimum absolute atomic E-state index is 0.222. The van der Waals surface area contributed by atoms with Crippen LogP contribution < -0.4 is 5.32 Å². The minimum Gasteiger partial charge on any atom is -0.378 e. The molecule has 0 aliphatic heterocycles. The Morgan fingerprint density at radius 2 is 1.93 bits per heavy atom. The van der Waals surface area contributed by atoms with Gasteiger partial charge in [0, 0.05) is 26.3 Å². The maximum Gasteiger partial charge on any atom is 0.242 e. The lowest BCUT2D eigenvalue weighted by atomic mass is 10.2. The van der Waals surface area contributed by atoms with E-state index in [1.807, 2.05) is 6.92 Å². The van der Waals surface area contributed by atoms with Crippen molar-refractivity contribution in [2.24, 2.45) is 0 Å². The van der Waals surface area contributed by atoms with E-state index < -0.39 is 10.0 Å². The third-order valence-corrected chi connectivity index (χ3v) is 6.46. The molecule has 0 fully saturated rings. The highest BCUT2D eigenvalue weighted by molar-refractivity contribution is 7.89. The number of fused-ring (bicyclic) bond motifs is 1. The summed E-state index contributed by atoms with van der Waals surface area (Å²) in [5, 5.41) is 3.30. The average molecular weight is 405 g/mol. The number of sulfonamides is 1. The molecule has 0 radical (unpaired) electrons. The molecule has 1 aromatic heterocycles. The molecule has 0 bridgehead atoms. The van der Waals surface area contributed by atoms with Gasteiger partial charge in [-0.25, -0.2) is 22.1 Å². The van der Waals surface area contributed by atoms with Gasteiger partial charge in [0.05, 0.1) is 22.5 Å². The summed E-state index contributed by atoms with van der Waals surface area (Å²) < 4.78 is 41.4. The zero-order valence-electron chi connectivity index (χ0n) is 16.5. The van der Waals surface area contributed by atoms with Crippen LogP contribution in [-0.4, -0.2) is 36.4 Å². The van der Waals surface area contributed by atoms with Gasteiger partial charge in [-0.05, 0) is 55.3 Å². The predicted molar refractivity (Wildman–Crippen MR) is 109 cm³/mol. The van der Waals surface area contributed by atoms with Crippen molar-refractivity contribution in [2.75, 3.05) is 19.4 Å². The average Bonchev–Trinajstić information content (AvgIpc) is 2.98. The molecule has 0 spiro atoms. The smallest absolute Gasteiger partial charge is 0.242 e. The molecule has 0 aliphatic carbocycles. The Bertz CT molecular complexity index is 1110. The van der Waals surface area contributed by atoms with Gasteiger partial charge < -0.3 is 9.88 Å². The summed E-state index contributed by atoms with van der Waals surface area (Å²) >= 11 is 0. The summed E-state index contributed by atoms with van der Waals surface area (Å²) in [5.41, 5.74) is 3.20. The van der Waals surface area contributed by atoms with Crippen molar-refractivity contribution >= 4 is 26.7 Å². The molecule has 2 aromatic carbocycles. The maximum absolute atomic E-state index is 13.3. The topological polar surface area (TPSA) is 67.2 Å². The Labute approximate surface area is 165 Å². The van der Waals surface area contributed by atoms with Crippen molar-refractivity contribution in [1.82, 2.24) is 13.9 Å². The Morgan fingerprint density at radius 3 is 2.57 bits per heavy atom.